The van der Waals surface area contributed by atoms with Crippen LogP contribution in [0, 0.1) is 5.41 Å². The van der Waals surface area contributed by atoms with Crippen LogP contribution >= 0.6 is 0 Å². The molecule has 1 aliphatic heterocycles. The Kier molecular flexibility index (Phi) is 6.69. The van der Waals surface area contributed by atoms with Gasteiger partial charge in [0.25, 0.3) is 0 Å². The third kappa shape index (κ3) is 4.61. The number of carbonyl (C=O) groups excluding carboxylic acids is 2. The number of allylic oxidation sites excluding steroid dienone is 3. The summed E-state index contributed by atoms with van der Waals surface area (Å²) < 4.78 is 11.1. The predicted octanol–water partition coefficient (Wildman–Crippen LogP) is 5.03. The molecule has 1 N–H and O–H groups in total. The van der Waals surface area contributed by atoms with E-state index in [1.54, 1.807) is 6.92 Å². The molecule has 1 aromatic carbocycles. The van der Waals surface area contributed by atoms with Crippen LogP contribution in [-0.2, 0) is 14.3 Å². The van der Waals surface area contributed by atoms with Crippen molar-refractivity contribution in [3.05, 3.63) is 52.4 Å². The number of benzene rings is 1. The zero-order valence-electron chi connectivity index (χ0n) is 18.8. The first-order chi connectivity index (χ1) is 14.3. The molecule has 1 atom stereocenters. The highest BCUT2D eigenvalue weighted by Gasteiger charge is 2.43. The number of dihydropyridines is 1. The smallest absolute Gasteiger partial charge is 0.336 e. The van der Waals surface area contributed by atoms with Crippen LogP contribution in [0.25, 0.3) is 0 Å². The highest BCUT2D eigenvalue weighted by atomic mass is 16.5. The lowest BCUT2D eigenvalue weighted by molar-refractivity contribution is -0.138. The molecule has 0 bridgehead atoms. The lowest BCUT2D eigenvalue weighted by Crippen LogP contribution is -2.38. The van der Waals surface area contributed by atoms with E-state index in [-0.39, 0.29) is 17.2 Å². The van der Waals surface area contributed by atoms with E-state index in [9.17, 15) is 9.59 Å². The first-order valence-corrected chi connectivity index (χ1v) is 10.9. The van der Waals surface area contributed by atoms with Gasteiger partial charge in [0, 0.05) is 29.3 Å². The van der Waals surface area contributed by atoms with Crippen LogP contribution in [0.5, 0.6) is 5.75 Å². The number of hydrogen-bond donors (Lipinski definition) is 1. The van der Waals surface area contributed by atoms with Gasteiger partial charge in [0.15, 0.2) is 5.78 Å². The highest BCUT2D eigenvalue weighted by Crippen LogP contribution is 2.46. The van der Waals surface area contributed by atoms with E-state index in [0.717, 1.165) is 42.0 Å². The number of ketones is 1. The van der Waals surface area contributed by atoms with Crippen LogP contribution in [0.4, 0.5) is 0 Å². The molecule has 0 radical (unpaired) electrons. The fourth-order valence-corrected chi connectivity index (χ4v) is 4.34. The molecule has 0 saturated carbocycles. The van der Waals surface area contributed by atoms with Gasteiger partial charge in [-0.25, -0.2) is 4.79 Å². The average molecular weight is 412 g/mol. The summed E-state index contributed by atoms with van der Waals surface area (Å²) in [5, 5.41) is 3.35. The van der Waals surface area contributed by atoms with Gasteiger partial charge in [0.05, 0.1) is 18.8 Å². The van der Waals surface area contributed by atoms with Crippen LogP contribution in [0.1, 0.15) is 71.8 Å². The molecule has 0 unspecified atom stereocenters. The Balaban J connectivity index is 2.02. The average Bonchev–Trinajstić information content (AvgIpc) is 2.67. The molecule has 0 fully saturated rings. The van der Waals surface area contributed by atoms with Gasteiger partial charge in [-0.05, 0) is 49.8 Å². The molecule has 0 spiro atoms. The second kappa shape index (κ2) is 9.07. The minimum atomic E-state index is -0.423. The molecule has 5 nitrogen and oxygen atoms in total. The Hall–Kier alpha value is -2.56. The zero-order chi connectivity index (χ0) is 21.9. The van der Waals surface area contributed by atoms with E-state index in [2.05, 4.69) is 26.1 Å². The van der Waals surface area contributed by atoms with Gasteiger partial charge in [-0.1, -0.05) is 39.3 Å². The summed E-state index contributed by atoms with van der Waals surface area (Å²) in [7, 11) is 0. The molecule has 162 valence electrons. The second-order valence-electron chi connectivity index (χ2n) is 8.92. The van der Waals surface area contributed by atoms with Crippen LogP contribution in [0.15, 0.2) is 46.8 Å². The number of unbranched alkanes of at least 4 members (excludes halogenated alkanes) is 1. The number of nitrogens with one attached hydrogen (secondary N) is 1. The van der Waals surface area contributed by atoms with Crippen molar-refractivity contribution in [3.63, 3.8) is 0 Å². The summed E-state index contributed by atoms with van der Waals surface area (Å²) >= 11 is 0. The SMILES string of the molecule is CCCCOc1ccc([C@@H]2C(C(=O)OCC)=C(C)NC3=C2C(=O)CC(C)(C)C3)cc1. The molecule has 0 saturated heterocycles. The van der Waals surface area contributed by atoms with Crippen molar-refractivity contribution >= 4 is 11.8 Å². The van der Waals surface area contributed by atoms with Gasteiger partial charge < -0.3 is 14.8 Å². The van der Waals surface area contributed by atoms with Crippen molar-refractivity contribution in [1.82, 2.24) is 5.32 Å². The maximum absolute atomic E-state index is 13.2. The van der Waals surface area contributed by atoms with E-state index >= 15 is 0 Å². The minimum Gasteiger partial charge on any atom is -0.494 e. The quantitative estimate of drug-likeness (QED) is 0.503. The molecule has 30 heavy (non-hydrogen) atoms. The van der Waals surface area contributed by atoms with Crippen LogP contribution < -0.4 is 10.1 Å². The van der Waals surface area contributed by atoms with E-state index in [0.29, 0.717) is 30.8 Å². The molecule has 2 aliphatic rings. The summed E-state index contributed by atoms with van der Waals surface area (Å²) in [5.74, 6) is 0.0923. The summed E-state index contributed by atoms with van der Waals surface area (Å²) in [6.45, 7) is 11.0. The van der Waals surface area contributed by atoms with E-state index in [1.807, 2.05) is 31.2 Å². The molecule has 1 aromatic rings. The van der Waals surface area contributed by atoms with Crippen LogP contribution in [0.2, 0.25) is 0 Å². The molecule has 1 aliphatic carbocycles. The number of ether oxygens (including phenoxy) is 2. The van der Waals surface area contributed by atoms with Crippen molar-refractivity contribution < 1.29 is 19.1 Å². The molecule has 5 heteroatoms. The Morgan fingerprint density at radius 3 is 2.50 bits per heavy atom. The van der Waals surface area contributed by atoms with E-state index in [4.69, 9.17) is 9.47 Å². The number of hydrogen-bond acceptors (Lipinski definition) is 5. The summed E-state index contributed by atoms with van der Waals surface area (Å²) in [5.41, 5.74) is 3.70. The molecule has 3 rings (SSSR count). The van der Waals surface area contributed by atoms with Crippen LogP contribution in [-0.4, -0.2) is 25.0 Å². The topological polar surface area (TPSA) is 64.6 Å². The maximum atomic E-state index is 13.2. The zero-order valence-corrected chi connectivity index (χ0v) is 18.8. The van der Waals surface area contributed by atoms with E-state index < -0.39 is 5.92 Å². The van der Waals surface area contributed by atoms with Gasteiger partial charge in [-0.15, -0.1) is 0 Å². The monoisotopic (exact) mass is 411 g/mol. The molecule has 0 amide bonds. The van der Waals surface area contributed by atoms with Gasteiger partial charge in [0.2, 0.25) is 0 Å². The van der Waals surface area contributed by atoms with Crippen molar-refractivity contribution in [2.45, 2.75) is 66.2 Å². The lowest BCUT2D eigenvalue weighted by Gasteiger charge is -2.39. The molecule has 0 aromatic heterocycles. The van der Waals surface area contributed by atoms with Gasteiger partial charge in [-0.3, -0.25) is 4.79 Å². The van der Waals surface area contributed by atoms with Crippen molar-refractivity contribution in [1.29, 1.82) is 0 Å². The number of esters is 1. The van der Waals surface area contributed by atoms with E-state index in [1.165, 1.54) is 0 Å². The number of Topliss-reactive ketones (excluding diaryl/α,β-unsaturated/α-hetero) is 1. The second-order valence-corrected chi connectivity index (χ2v) is 8.92. The highest BCUT2D eigenvalue weighted by molar-refractivity contribution is 6.04. The molecular formula is C25H33NO4. The summed E-state index contributed by atoms with van der Waals surface area (Å²) in [6.07, 6.45) is 3.33. The first-order valence-electron chi connectivity index (χ1n) is 10.9. The normalized spacial score (nSPS) is 20.6. The Morgan fingerprint density at radius 2 is 1.87 bits per heavy atom. The van der Waals surface area contributed by atoms with Crippen molar-refractivity contribution in [2.75, 3.05) is 13.2 Å². The summed E-state index contributed by atoms with van der Waals surface area (Å²) in [4.78, 5) is 26.1. The minimum absolute atomic E-state index is 0.0938. The lowest BCUT2D eigenvalue weighted by atomic mass is 9.68. The third-order valence-electron chi connectivity index (χ3n) is 5.72. The third-order valence-corrected chi connectivity index (χ3v) is 5.72. The van der Waals surface area contributed by atoms with Gasteiger partial charge >= 0.3 is 5.97 Å². The number of rotatable bonds is 7. The largest absolute Gasteiger partial charge is 0.494 e. The Morgan fingerprint density at radius 1 is 1.17 bits per heavy atom. The van der Waals surface area contributed by atoms with Crippen molar-refractivity contribution in [3.8, 4) is 5.75 Å². The fourth-order valence-electron chi connectivity index (χ4n) is 4.34. The first kappa shape index (κ1) is 22.1. The Labute approximate surface area is 179 Å². The number of carbonyl (C=O) groups is 2. The van der Waals surface area contributed by atoms with Crippen LogP contribution in [0.3, 0.4) is 0 Å². The maximum Gasteiger partial charge on any atom is 0.336 e. The van der Waals surface area contributed by atoms with Crippen molar-refractivity contribution in [2.24, 2.45) is 5.41 Å². The Bertz CT molecular complexity index is 877. The standard InChI is InChI=1S/C25H33NO4/c1-6-8-13-30-18-11-9-17(10-12-18)22-21(24(28)29-7-2)16(3)26-19-14-25(4,5)15-20(27)23(19)22/h9-12,22,26H,6-8,13-15H2,1-5H3/t22-/m1/s1. The fraction of sp³-hybridized carbons (Fsp3) is 0.520. The molecule has 1 heterocycles. The van der Waals surface area contributed by atoms with Gasteiger partial charge in [-0.2, -0.15) is 0 Å². The summed E-state index contributed by atoms with van der Waals surface area (Å²) in [6, 6.07) is 7.76. The predicted molar refractivity (Wildman–Crippen MR) is 117 cm³/mol. The van der Waals surface area contributed by atoms with Gasteiger partial charge in [0.1, 0.15) is 5.75 Å². The molecular weight excluding hydrogens is 378 g/mol.